The highest BCUT2D eigenvalue weighted by Crippen LogP contribution is 2.38. The highest BCUT2D eigenvalue weighted by atomic mass is 16.5. The van der Waals surface area contributed by atoms with Crippen LogP contribution in [-0.4, -0.2) is 26.9 Å². The van der Waals surface area contributed by atoms with Gasteiger partial charge < -0.3 is 19.5 Å². The number of hydrogen-bond acceptors (Lipinski definition) is 4. The molecule has 0 saturated carbocycles. The number of benzene rings is 1. The molecule has 0 aliphatic rings. The number of ether oxygens (including phenoxy) is 3. The summed E-state index contributed by atoms with van der Waals surface area (Å²) >= 11 is 0. The lowest BCUT2D eigenvalue weighted by Crippen LogP contribution is -2.21. The van der Waals surface area contributed by atoms with Crippen LogP contribution >= 0.6 is 0 Å². The van der Waals surface area contributed by atoms with Gasteiger partial charge in [-0.15, -0.1) is 12.3 Å². The van der Waals surface area contributed by atoms with Gasteiger partial charge in [-0.05, 0) is 24.1 Å². The molecule has 0 atom stereocenters. The van der Waals surface area contributed by atoms with Crippen LogP contribution in [0.1, 0.15) is 32.3 Å². The molecule has 0 amide bonds. The van der Waals surface area contributed by atoms with Crippen molar-refractivity contribution >= 4 is 0 Å². The van der Waals surface area contributed by atoms with Crippen LogP contribution in [0, 0.1) is 12.3 Å². The van der Waals surface area contributed by atoms with Crippen LogP contribution in [-0.2, 0) is 6.54 Å². The molecule has 1 aromatic carbocycles. The fourth-order valence-corrected chi connectivity index (χ4v) is 1.85. The Balaban J connectivity index is 2.88. The maximum atomic E-state index is 5.77. The van der Waals surface area contributed by atoms with E-state index in [4.69, 9.17) is 20.6 Å². The lowest BCUT2D eigenvalue weighted by molar-refractivity contribution is 0.271. The molecular formula is C17H25NO3. The van der Waals surface area contributed by atoms with E-state index in [0.717, 1.165) is 18.5 Å². The number of rotatable bonds is 9. The van der Waals surface area contributed by atoms with E-state index in [9.17, 15) is 0 Å². The second kappa shape index (κ2) is 9.15. The van der Waals surface area contributed by atoms with E-state index in [2.05, 4.69) is 25.1 Å². The van der Waals surface area contributed by atoms with Crippen molar-refractivity contribution in [3.05, 3.63) is 17.7 Å². The van der Waals surface area contributed by atoms with Gasteiger partial charge in [0.2, 0.25) is 5.75 Å². The summed E-state index contributed by atoms with van der Waals surface area (Å²) in [5.74, 6) is 4.58. The molecule has 0 aromatic heterocycles. The minimum absolute atomic E-state index is 0.418. The predicted octanol–water partition coefficient (Wildman–Crippen LogP) is 2.99. The molecule has 0 bridgehead atoms. The molecule has 1 rings (SSSR count). The Hall–Kier alpha value is -1.86. The third kappa shape index (κ3) is 5.57. The highest BCUT2D eigenvalue weighted by molar-refractivity contribution is 5.53. The molecular weight excluding hydrogens is 266 g/mol. The predicted molar refractivity (Wildman–Crippen MR) is 85.1 cm³/mol. The fourth-order valence-electron chi connectivity index (χ4n) is 1.85. The number of terminal acetylenes is 1. The third-order valence-electron chi connectivity index (χ3n) is 2.95. The smallest absolute Gasteiger partial charge is 0.203 e. The molecule has 0 aliphatic carbocycles. The van der Waals surface area contributed by atoms with E-state index in [1.165, 1.54) is 0 Å². The van der Waals surface area contributed by atoms with Gasteiger partial charge in [-0.3, -0.25) is 0 Å². The molecule has 0 unspecified atom stereocenters. The summed E-state index contributed by atoms with van der Waals surface area (Å²) in [4.78, 5) is 0. The average molecular weight is 291 g/mol. The van der Waals surface area contributed by atoms with Gasteiger partial charge in [0, 0.05) is 19.0 Å². The zero-order chi connectivity index (χ0) is 15.7. The van der Waals surface area contributed by atoms with Gasteiger partial charge in [-0.1, -0.05) is 13.8 Å². The van der Waals surface area contributed by atoms with Crippen molar-refractivity contribution in [3.8, 4) is 29.6 Å². The van der Waals surface area contributed by atoms with Gasteiger partial charge in [0.25, 0.3) is 0 Å². The van der Waals surface area contributed by atoms with Crippen LogP contribution in [0.2, 0.25) is 0 Å². The lowest BCUT2D eigenvalue weighted by Gasteiger charge is -2.17. The molecule has 0 saturated heterocycles. The second-order valence-electron chi connectivity index (χ2n) is 5.02. The Morgan fingerprint density at radius 2 is 1.81 bits per heavy atom. The Morgan fingerprint density at radius 1 is 1.19 bits per heavy atom. The van der Waals surface area contributed by atoms with Crippen LogP contribution < -0.4 is 19.5 Å². The minimum atomic E-state index is 0.418. The topological polar surface area (TPSA) is 39.7 Å². The van der Waals surface area contributed by atoms with E-state index in [0.29, 0.717) is 36.3 Å². The summed E-state index contributed by atoms with van der Waals surface area (Å²) in [5, 5.41) is 3.37. The molecule has 0 heterocycles. The van der Waals surface area contributed by atoms with Gasteiger partial charge in [0.05, 0.1) is 20.8 Å². The van der Waals surface area contributed by atoms with Crippen molar-refractivity contribution in [2.75, 3.05) is 20.8 Å². The largest absolute Gasteiger partial charge is 0.493 e. The summed E-state index contributed by atoms with van der Waals surface area (Å²) < 4.78 is 16.6. The van der Waals surface area contributed by atoms with E-state index in [-0.39, 0.29) is 0 Å². The quantitative estimate of drug-likeness (QED) is 0.561. The molecule has 21 heavy (non-hydrogen) atoms. The third-order valence-corrected chi connectivity index (χ3v) is 2.95. The Labute approximate surface area is 127 Å². The standard InChI is InChI=1S/C17H25NO3/c1-6-7-8-9-21-17-15(19-4)10-14(11-16(17)20-5)12-18-13(2)3/h1,10-11,13,18H,7-9,12H2,2-5H3. The van der Waals surface area contributed by atoms with Crippen molar-refractivity contribution in [1.29, 1.82) is 0 Å². The lowest BCUT2D eigenvalue weighted by atomic mass is 10.1. The molecule has 0 aliphatic heterocycles. The Kier molecular flexibility index (Phi) is 7.49. The Bertz CT molecular complexity index is 452. The summed E-state index contributed by atoms with van der Waals surface area (Å²) in [6, 6.07) is 4.35. The first-order valence-electron chi connectivity index (χ1n) is 7.16. The van der Waals surface area contributed by atoms with Crippen LogP contribution in [0.3, 0.4) is 0 Å². The molecule has 0 spiro atoms. The molecule has 1 N–H and O–H groups in total. The summed E-state index contributed by atoms with van der Waals surface area (Å²) in [6.45, 7) is 5.51. The van der Waals surface area contributed by atoms with Crippen LogP contribution in [0.15, 0.2) is 12.1 Å². The fraction of sp³-hybridized carbons (Fsp3) is 0.529. The monoisotopic (exact) mass is 291 g/mol. The molecule has 4 heteroatoms. The highest BCUT2D eigenvalue weighted by Gasteiger charge is 2.14. The second-order valence-corrected chi connectivity index (χ2v) is 5.02. The van der Waals surface area contributed by atoms with E-state index in [1.807, 2.05) is 12.1 Å². The minimum Gasteiger partial charge on any atom is -0.493 e. The first-order valence-corrected chi connectivity index (χ1v) is 7.16. The van der Waals surface area contributed by atoms with E-state index < -0.39 is 0 Å². The van der Waals surface area contributed by atoms with Crippen LogP contribution in [0.5, 0.6) is 17.2 Å². The maximum absolute atomic E-state index is 5.77. The summed E-state index contributed by atoms with van der Waals surface area (Å²) in [5.41, 5.74) is 1.09. The molecule has 4 nitrogen and oxygen atoms in total. The molecule has 0 fully saturated rings. The van der Waals surface area contributed by atoms with E-state index in [1.54, 1.807) is 14.2 Å². The zero-order valence-corrected chi connectivity index (χ0v) is 13.4. The van der Waals surface area contributed by atoms with Crippen molar-refractivity contribution in [2.24, 2.45) is 0 Å². The van der Waals surface area contributed by atoms with E-state index >= 15 is 0 Å². The maximum Gasteiger partial charge on any atom is 0.203 e. The van der Waals surface area contributed by atoms with Crippen LogP contribution in [0.25, 0.3) is 0 Å². The number of methoxy groups -OCH3 is 2. The SMILES string of the molecule is C#CCCCOc1c(OC)cc(CNC(C)C)cc1OC. The van der Waals surface area contributed by atoms with Gasteiger partial charge in [0.15, 0.2) is 11.5 Å². The first kappa shape index (κ1) is 17.2. The zero-order valence-electron chi connectivity index (χ0n) is 13.4. The van der Waals surface area contributed by atoms with Gasteiger partial charge >= 0.3 is 0 Å². The number of unbranched alkanes of at least 4 members (excludes halogenated alkanes) is 1. The van der Waals surface area contributed by atoms with Crippen molar-refractivity contribution in [2.45, 2.75) is 39.3 Å². The molecule has 116 valence electrons. The average Bonchev–Trinajstić information content (AvgIpc) is 2.49. The normalized spacial score (nSPS) is 10.3. The first-order chi connectivity index (χ1) is 10.1. The van der Waals surface area contributed by atoms with Crippen molar-refractivity contribution in [3.63, 3.8) is 0 Å². The molecule has 1 aromatic rings. The molecule has 0 radical (unpaired) electrons. The van der Waals surface area contributed by atoms with Crippen molar-refractivity contribution < 1.29 is 14.2 Å². The van der Waals surface area contributed by atoms with Gasteiger partial charge in [-0.2, -0.15) is 0 Å². The summed E-state index contributed by atoms with van der Waals surface area (Å²) in [6.07, 6.45) is 6.74. The number of nitrogens with one attached hydrogen (secondary N) is 1. The van der Waals surface area contributed by atoms with Crippen molar-refractivity contribution in [1.82, 2.24) is 5.32 Å². The van der Waals surface area contributed by atoms with Crippen LogP contribution in [0.4, 0.5) is 0 Å². The van der Waals surface area contributed by atoms with Gasteiger partial charge in [0.1, 0.15) is 0 Å². The summed E-state index contributed by atoms with van der Waals surface area (Å²) in [7, 11) is 3.26. The van der Waals surface area contributed by atoms with Gasteiger partial charge in [-0.25, -0.2) is 0 Å². The number of hydrogen-bond donors (Lipinski definition) is 1. The Morgan fingerprint density at radius 3 is 2.29 bits per heavy atom.